The van der Waals surface area contributed by atoms with Crippen LogP contribution in [0.5, 0.6) is 0 Å². The van der Waals surface area contributed by atoms with Crippen LogP contribution in [0.4, 0.5) is 4.39 Å². The van der Waals surface area contributed by atoms with Gasteiger partial charge in [0.15, 0.2) is 0 Å². The molecule has 4 rings (SSSR count). The summed E-state index contributed by atoms with van der Waals surface area (Å²) in [7, 11) is 0. The van der Waals surface area contributed by atoms with E-state index < -0.39 is 5.91 Å². The minimum absolute atomic E-state index is 0.281. The predicted molar refractivity (Wildman–Crippen MR) is 98.6 cm³/mol. The fraction of sp³-hybridized carbons (Fsp3) is 0. The summed E-state index contributed by atoms with van der Waals surface area (Å²) < 4.78 is 13.2. The average Bonchev–Trinajstić information content (AvgIpc) is 3.07. The van der Waals surface area contributed by atoms with E-state index in [1.54, 1.807) is 24.5 Å². The molecule has 2 aromatic heterocycles. The maximum atomic E-state index is 13.2. The summed E-state index contributed by atoms with van der Waals surface area (Å²) in [6, 6.07) is 15.8. The number of nitrogens with zero attached hydrogens (tertiary/aromatic N) is 1. The first-order valence-corrected chi connectivity index (χ1v) is 8.00. The van der Waals surface area contributed by atoms with Crippen LogP contribution in [0.25, 0.3) is 33.2 Å². The lowest BCUT2D eigenvalue weighted by molar-refractivity contribution is 0.0950. The molecule has 0 bridgehead atoms. The lowest BCUT2D eigenvalue weighted by Gasteiger charge is -2.04. The number of nitrogens with one attached hydrogen (secondary N) is 2. The summed E-state index contributed by atoms with van der Waals surface area (Å²) in [6.07, 6.45) is 3.34. The molecule has 6 heteroatoms. The summed E-state index contributed by atoms with van der Waals surface area (Å²) in [4.78, 5) is 19.4. The van der Waals surface area contributed by atoms with E-state index in [0.29, 0.717) is 5.69 Å². The predicted octanol–water partition coefficient (Wildman–Crippen LogP) is 3.64. The molecule has 0 saturated heterocycles. The Labute approximate surface area is 148 Å². The Kier molecular flexibility index (Phi) is 3.95. The van der Waals surface area contributed by atoms with Crippen LogP contribution in [0.15, 0.2) is 67.0 Å². The van der Waals surface area contributed by atoms with E-state index in [2.05, 4.69) is 15.4 Å². The number of H-pyrrole nitrogens is 1. The number of nitrogens with two attached hydrogens (primary N) is 1. The summed E-state index contributed by atoms with van der Waals surface area (Å²) >= 11 is 0. The van der Waals surface area contributed by atoms with Crippen LogP contribution in [0.3, 0.4) is 0 Å². The Morgan fingerprint density at radius 3 is 2.35 bits per heavy atom. The van der Waals surface area contributed by atoms with Gasteiger partial charge < -0.3 is 4.98 Å². The van der Waals surface area contributed by atoms with Crippen molar-refractivity contribution in [2.45, 2.75) is 0 Å². The van der Waals surface area contributed by atoms with E-state index in [0.717, 1.165) is 33.2 Å². The number of nitrogen functional groups attached to an aromatic ring is 1. The van der Waals surface area contributed by atoms with E-state index >= 15 is 0 Å². The minimum Gasteiger partial charge on any atom is -0.350 e. The lowest BCUT2D eigenvalue weighted by Crippen LogP contribution is -2.30. The second-order valence-corrected chi connectivity index (χ2v) is 5.85. The SMILES string of the molecule is NNC(=O)c1[nH]c2cc(-c3ccc(F)cc3)ccc2c1-c1ccncc1. The third-order valence-corrected chi connectivity index (χ3v) is 4.30. The number of carbonyl (C=O) groups excluding carboxylic acids is 1. The van der Waals surface area contributed by atoms with Gasteiger partial charge in [-0.2, -0.15) is 0 Å². The lowest BCUT2D eigenvalue weighted by atomic mass is 9.99. The fourth-order valence-electron chi connectivity index (χ4n) is 3.08. The van der Waals surface area contributed by atoms with Crippen LogP contribution < -0.4 is 11.3 Å². The quantitative estimate of drug-likeness (QED) is 0.301. The maximum absolute atomic E-state index is 13.2. The molecule has 0 spiro atoms. The van der Waals surface area contributed by atoms with Gasteiger partial charge in [0.2, 0.25) is 0 Å². The Bertz CT molecular complexity index is 1090. The number of hydrogen-bond acceptors (Lipinski definition) is 3. The second-order valence-electron chi connectivity index (χ2n) is 5.85. The van der Waals surface area contributed by atoms with Crippen LogP contribution >= 0.6 is 0 Å². The molecule has 0 atom stereocenters. The highest BCUT2D eigenvalue weighted by atomic mass is 19.1. The van der Waals surface area contributed by atoms with Gasteiger partial charge in [-0.15, -0.1) is 0 Å². The molecule has 4 aromatic rings. The zero-order valence-electron chi connectivity index (χ0n) is 13.7. The van der Waals surface area contributed by atoms with Crippen LogP contribution in [0.2, 0.25) is 0 Å². The molecule has 0 aliphatic carbocycles. The maximum Gasteiger partial charge on any atom is 0.282 e. The van der Waals surface area contributed by atoms with Crippen molar-refractivity contribution in [3.8, 4) is 22.3 Å². The van der Waals surface area contributed by atoms with Gasteiger partial charge in [0, 0.05) is 28.9 Å². The zero-order valence-corrected chi connectivity index (χ0v) is 13.7. The first-order valence-electron chi connectivity index (χ1n) is 8.00. The molecular formula is C20H15FN4O. The van der Waals surface area contributed by atoms with Gasteiger partial charge in [0.05, 0.1) is 0 Å². The fourth-order valence-corrected chi connectivity index (χ4v) is 3.08. The number of hydrazine groups is 1. The average molecular weight is 346 g/mol. The molecule has 0 saturated carbocycles. The number of amides is 1. The normalized spacial score (nSPS) is 10.8. The van der Waals surface area contributed by atoms with Gasteiger partial charge in [-0.3, -0.25) is 15.2 Å². The Morgan fingerprint density at radius 2 is 1.65 bits per heavy atom. The molecule has 2 heterocycles. The number of aromatic nitrogens is 2. The standard InChI is InChI=1S/C20H15FN4O/c21-15-4-1-12(2-5-15)14-3-6-16-17(11-14)24-19(20(26)25-22)18(16)13-7-9-23-10-8-13/h1-11,24H,22H2,(H,25,26). The summed E-state index contributed by atoms with van der Waals surface area (Å²) in [5.41, 5.74) is 6.77. The highest BCUT2D eigenvalue weighted by Crippen LogP contribution is 2.34. The van der Waals surface area contributed by atoms with E-state index in [9.17, 15) is 9.18 Å². The van der Waals surface area contributed by atoms with Crippen LogP contribution in [0.1, 0.15) is 10.5 Å². The zero-order chi connectivity index (χ0) is 18.1. The number of hydrogen-bond donors (Lipinski definition) is 3. The topological polar surface area (TPSA) is 83.8 Å². The van der Waals surface area contributed by atoms with Gasteiger partial charge >= 0.3 is 0 Å². The van der Waals surface area contributed by atoms with Crippen molar-refractivity contribution in [2.24, 2.45) is 5.84 Å². The Balaban J connectivity index is 1.92. The van der Waals surface area contributed by atoms with Crippen molar-refractivity contribution in [2.75, 3.05) is 0 Å². The van der Waals surface area contributed by atoms with Crippen LogP contribution in [-0.2, 0) is 0 Å². The molecule has 26 heavy (non-hydrogen) atoms. The van der Waals surface area contributed by atoms with Crippen LogP contribution in [0, 0.1) is 5.82 Å². The van der Waals surface area contributed by atoms with Gasteiger partial charge in [-0.1, -0.05) is 24.3 Å². The molecule has 0 fully saturated rings. The van der Waals surface area contributed by atoms with Crippen molar-refractivity contribution in [1.29, 1.82) is 0 Å². The summed E-state index contributed by atoms with van der Waals surface area (Å²) in [5, 5.41) is 0.890. The van der Waals surface area contributed by atoms with Gasteiger partial charge in [-0.25, -0.2) is 10.2 Å². The number of halogens is 1. The number of rotatable bonds is 3. The first-order chi connectivity index (χ1) is 12.7. The van der Waals surface area contributed by atoms with Crippen LogP contribution in [-0.4, -0.2) is 15.9 Å². The molecule has 0 radical (unpaired) electrons. The first kappa shape index (κ1) is 16.0. The number of pyridine rings is 1. The minimum atomic E-state index is -0.406. The third kappa shape index (κ3) is 2.72. The van der Waals surface area contributed by atoms with E-state index in [-0.39, 0.29) is 5.82 Å². The van der Waals surface area contributed by atoms with E-state index in [1.807, 2.05) is 30.3 Å². The Hall–Kier alpha value is -3.51. The second kappa shape index (κ2) is 6.42. The molecule has 128 valence electrons. The number of fused-ring (bicyclic) bond motifs is 1. The van der Waals surface area contributed by atoms with Gasteiger partial charge in [0.25, 0.3) is 5.91 Å². The van der Waals surface area contributed by atoms with Crippen molar-refractivity contribution >= 4 is 16.8 Å². The van der Waals surface area contributed by atoms with Gasteiger partial charge in [-0.05, 0) is 47.0 Å². The van der Waals surface area contributed by atoms with E-state index in [1.165, 1.54) is 12.1 Å². The smallest absolute Gasteiger partial charge is 0.282 e. The largest absolute Gasteiger partial charge is 0.350 e. The summed E-state index contributed by atoms with van der Waals surface area (Å²) in [6.45, 7) is 0. The monoisotopic (exact) mass is 346 g/mol. The van der Waals surface area contributed by atoms with Crippen molar-refractivity contribution < 1.29 is 9.18 Å². The van der Waals surface area contributed by atoms with Gasteiger partial charge in [0.1, 0.15) is 11.5 Å². The molecule has 0 aliphatic heterocycles. The molecule has 4 N–H and O–H groups in total. The third-order valence-electron chi connectivity index (χ3n) is 4.30. The highest BCUT2D eigenvalue weighted by molar-refractivity contribution is 6.10. The van der Waals surface area contributed by atoms with Crippen molar-refractivity contribution in [3.63, 3.8) is 0 Å². The summed E-state index contributed by atoms with van der Waals surface area (Å²) in [5.74, 6) is 4.65. The molecule has 5 nitrogen and oxygen atoms in total. The molecule has 2 aromatic carbocycles. The highest BCUT2D eigenvalue weighted by Gasteiger charge is 2.19. The molecule has 1 amide bonds. The molecular weight excluding hydrogens is 331 g/mol. The Morgan fingerprint density at radius 1 is 0.962 bits per heavy atom. The van der Waals surface area contributed by atoms with Crippen molar-refractivity contribution in [3.05, 3.63) is 78.5 Å². The number of carbonyl (C=O) groups is 1. The van der Waals surface area contributed by atoms with Crippen molar-refractivity contribution in [1.82, 2.24) is 15.4 Å². The number of aromatic amines is 1. The van der Waals surface area contributed by atoms with E-state index in [4.69, 9.17) is 5.84 Å². The number of benzene rings is 2. The molecule has 0 aliphatic rings. The molecule has 0 unspecified atom stereocenters.